The molecule has 90 valence electrons. The maximum Gasteiger partial charge on any atom is 0.433 e. The first-order valence-corrected chi connectivity index (χ1v) is 4.71. The van der Waals surface area contributed by atoms with Crippen molar-refractivity contribution in [2.45, 2.75) is 13.1 Å². The van der Waals surface area contributed by atoms with Gasteiger partial charge in [-0.15, -0.1) is 0 Å². The SMILES string of the molecule is C/C=C\COc1nc(C(F)(F)F)ccc1C#N. The maximum atomic E-state index is 12.4. The van der Waals surface area contributed by atoms with Crippen LogP contribution in [-0.4, -0.2) is 11.6 Å². The van der Waals surface area contributed by atoms with Crippen molar-refractivity contribution < 1.29 is 17.9 Å². The van der Waals surface area contributed by atoms with E-state index in [2.05, 4.69) is 4.98 Å². The predicted octanol–water partition coefficient (Wildman–Crippen LogP) is 2.93. The van der Waals surface area contributed by atoms with Gasteiger partial charge in [0.05, 0.1) is 0 Å². The van der Waals surface area contributed by atoms with Gasteiger partial charge in [0.15, 0.2) is 0 Å². The predicted molar refractivity (Wildman–Crippen MR) is 54.3 cm³/mol. The summed E-state index contributed by atoms with van der Waals surface area (Å²) in [4.78, 5) is 3.28. The van der Waals surface area contributed by atoms with Crippen LogP contribution in [0.4, 0.5) is 13.2 Å². The molecule has 0 aliphatic carbocycles. The second-order valence-corrected chi connectivity index (χ2v) is 3.04. The Labute approximate surface area is 96.2 Å². The smallest absolute Gasteiger partial charge is 0.433 e. The summed E-state index contributed by atoms with van der Waals surface area (Å²) in [6.45, 7) is 1.81. The third-order valence-electron chi connectivity index (χ3n) is 1.82. The van der Waals surface area contributed by atoms with Crippen LogP contribution < -0.4 is 4.74 Å². The minimum atomic E-state index is -4.55. The van der Waals surface area contributed by atoms with Crippen LogP contribution in [0.5, 0.6) is 5.88 Å². The number of allylic oxidation sites excluding steroid dienone is 1. The number of halogens is 3. The van der Waals surface area contributed by atoms with Crippen LogP contribution in [0.15, 0.2) is 24.3 Å². The average Bonchev–Trinajstić information content (AvgIpc) is 2.28. The van der Waals surface area contributed by atoms with E-state index in [0.29, 0.717) is 0 Å². The van der Waals surface area contributed by atoms with E-state index in [0.717, 1.165) is 12.1 Å². The summed E-state index contributed by atoms with van der Waals surface area (Å²) in [5.74, 6) is -0.305. The highest BCUT2D eigenvalue weighted by molar-refractivity contribution is 5.39. The van der Waals surface area contributed by atoms with Crippen molar-refractivity contribution in [2.24, 2.45) is 0 Å². The van der Waals surface area contributed by atoms with Crippen LogP contribution in [0.3, 0.4) is 0 Å². The third-order valence-corrected chi connectivity index (χ3v) is 1.82. The number of aromatic nitrogens is 1. The van der Waals surface area contributed by atoms with Gasteiger partial charge in [-0.05, 0) is 19.1 Å². The van der Waals surface area contributed by atoms with Crippen LogP contribution in [0.2, 0.25) is 0 Å². The molecule has 17 heavy (non-hydrogen) atoms. The minimum Gasteiger partial charge on any atom is -0.472 e. The highest BCUT2D eigenvalue weighted by Gasteiger charge is 2.33. The first kappa shape index (κ1) is 13.0. The molecule has 6 heteroatoms. The van der Waals surface area contributed by atoms with Crippen molar-refractivity contribution in [2.75, 3.05) is 6.61 Å². The summed E-state index contributed by atoms with van der Waals surface area (Å²) < 4.78 is 42.1. The number of pyridine rings is 1. The molecule has 0 aromatic carbocycles. The van der Waals surface area contributed by atoms with Gasteiger partial charge in [-0.1, -0.05) is 12.2 Å². The molecule has 0 spiro atoms. The molecule has 0 N–H and O–H groups in total. The molecule has 0 fully saturated rings. The molecule has 1 heterocycles. The zero-order valence-electron chi connectivity index (χ0n) is 8.95. The molecule has 1 aromatic heterocycles. The molecule has 0 amide bonds. The number of ether oxygens (including phenoxy) is 1. The first-order chi connectivity index (χ1) is 7.99. The molecule has 0 radical (unpaired) electrons. The first-order valence-electron chi connectivity index (χ1n) is 4.71. The molecule has 1 aromatic rings. The normalized spacial score (nSPS) is 11.5. The van der Waals surface area contributed by atoms with Crippen LogP contribution in [0.25, 0.3) is 0 Å². The second-order valence-electron chi connectivity index (χ2n) is 3.04. The highest BCUT2D eigenvalue weighted by atomic mass is 19.4. The van der Waals surface area contributed by atoms with Crippen molar-refractivity contribution in [3.05, 3.63) is 35.5 Å². The van der Waals surface area contributed by atoms with Crippen molar-refractivity contribution in [1.29, 1.82) is 5.26 Å². The van der Waals surface area contributed by atoms with Gasteiger partial charge in [0, 0.05) is 0 Å². The van der Waals surface area contributed by atoms with Crippen LogP contribution in [-0.2, 0) is 6.18 Å². The zero-order valence-corrected chi connectivity index (χ0v) is 8.95. The Morgan fingerprint density at radius 3 is 2.71 bits per heavy atom. The van der Waals surface area contributed by atoms with Crippen molar-refractivity contribution in [3.8, 4) is 11.9 Å². The van der Waals surface area contributed by atoms with E-state index in [4.69, 9.17) is 10.00 Å². The van der Waals surface area contributed by atoms with Gasteiger partial charge >= 0.3 is 6.18 Å². The topological polar surface area (TPSA) is 45.9 Å². The number of rotatable bonds is 3. The molecule has 0 aliphatic heterocycles. The lowest BCUT2D eigenvalue weighted by atomic mass is 10.2. The fraction of sp³-hybridized carbons (Fsp3) is 0.273. The summed E-state index contributed by atoms with van der Waals surface area (Å²) in [7, 11) is 0. The Morgan fingerprint density at radius 1 is 1.47 bits per heavy atom. The summed E-state index contributed by atoms with van der Waals surface area (Å²) >= 11 is 0. The summed E-state index contributed by atoms with van der Waals surface area (Å²) in [6.07, 6.45) is -1.27. The molecular weight excluding hydrogens is 233 g/mol. The molecule has 0 saturated heterocycles. The molecule has 0 atom stereocenters. The summed E-state index contributed by atoms with van der Waals surface area (Å²) in [5, 5.41) is 8.70. The van der Waals surface area contributed by atoms with Gasteiger partial charge in [-0.2, -0.15) is 18.4 Å². The molecule has 0 bridgehead atoms. The molecule has 0 saturated carbocycles. The lowest BCUT2D eigenvalue weighted by Crippen LogP contribution is -2.10. The fourth-order valence-corrected chi connectivity index (χ4v) is 1.02. The van der Waals surface area contributed by atoms with E-state index in [-0.39, 0.29) is 18.1 Å². The molecule has 1 rings (SSSR count). The molecule has 0 aliphatic rings. The lowest BCUT2D eigenvalue weighted by molar-refractivity contribution is -0.141. The van der Waals surface area contributed by atoms with Gasteiger partial charge in [0.25, 0.3) is 0 Å². The Hall–Kier alpha value is -2.03. The lowest BCUT2D eigenvalue weighted by Gasteiger charge is -2.09. The van der Waals surface area contributed by atoms with Gasteiger partial charge in [0.1, 0.15) is 23.9 Å². The van der Waals surface area contributed by atoms with Gasteiger partial charge in [0.2, 0.25) is 5.88 Å². The summed E-state index contributed by atoms with van der Waals surface area (Å²) in [5.41, 5.74) is -1.10. The standard InChI is InChI=1S/C11H9F3N2O/c1-2-3-6-17-10-8(7-15)4-5-9(16-10)11(12,13)14/h2-5H,6H2,1H3/b3-2-. The van der Waals surface area contributed by atoms with E-state index < -0.39 is 11.9 Å². The largest absolute Gasteiger partial charge is 0.472 e. The van der Waals surface area contributed by atoms with Crippen LogP contribution in [0.1, 0.15) is 18.2 Å². The van der Waals surface area contributed by atoms with Crippen molar-refractivity contribution in [1.82, 2.24) is 4.98 Å². The van der Waals surface area contributed by atoms with Gasteiger partial charge in [-0.3, -0.25) is 0 Å². The minimum absolute atomic E-state index is 0.0255. The maximum absolute atomic E-state index is 12.4. The number of nitriles is 1. The Balaban J connectivity index is 3.03. The zero-order chi connectivity index (χ0) is 12.9. The Morgan fingerprint density at radius 2 is 2.18 bits per heavy atom. The Bertz CT molecular complexity index is 461. The van der Waals surface area contributed by atoms with E-state index in [9.17, 15) is 13.2 Å². The second kappa shape index (κ2) is 5.34. The van der Waals surface area contributed by atoms with Crippen LogP contribution >= 0.6 is 0 Å². The van der Waals surface area contributed by atoms with Crippen molar-refractivity contribution >= 4 is 0 Å². The third kappa shape index (κ3) is 3.48. The van der Waals surface area contributed by atoms with E-state index >= 15 is 0 Å². The average molecular weight is 242 g/mol. The number of hydrogen-bond acceptors (Lipinski definition) is 3. The van der Waals surface area contributed by atoms with E-state index in [1.807, 2.05) is 0 Å². The van der Waals surface area contributed by atoms with E-state index in [1.54, 1.807) is 25.1 Å². The van der Waals surface area contributed by atoms with Crippen LogP contribution in [0, 0.1) is 11.3 Å². The quantitative estimate of drug-likeness (QED) is 0.765. The van der Waals surface area contributed by atoms with Crippen molar-refractivity contribution in [3.63, 3.8) is 0 Å². The van der Waals surface area contributed by atoms with Gasteiger partial charge in [-0.25, -0.2) is 4.98 Å². The molecule has 0 unspecified atom stereocenters. The Kier molecular flexibility index (Phi) is 4.10. The number of hydrogen-bond donors (Lipinski definition) is 0. The van der Waals surface area contributed by atoms with E-state index in [1.165, 1.54) is 0 Å². The molecular formula is C11H9F3N2O. The monoisotopic (exact) mass is 242 g/mol. The van der Waals surface area contributed by atoms with Gasteiger partial charge < -0.3 is 4.74 Å². The number of nitrogens with zero attached hydrogens (tertiary/aromatic N) is 2. The number of alkyl halides is 3. The molecule has 3 nitrogen and oxygen atoms in total. The highest BCUT2D eigenvalue weighted by Crippen LogP contribution is 2.29. The fourth-order valence-electron chi connectivity index (χ4n) is 1.02. The summed E-state index contributed by atoms with van der Waals surface area (Å²) in [6, 6.07) is 3.52.